The van der Waals surface area contributed by atoms with Crippen LogP contribution in [0.15, 0.2) is 146 Å². The summed E-state index contributed by atoms with van der Waals surface area (Å²) in [5.74, 6) is -0.887. The number of fused-ring (bicyclic) bond motifs is 6. The first-order chi connectivity index (χ1) is 25.9. The summed E-state index contributed by atoms with van der Waals surface area (Å²) in [4.78, 5) is 4.23. The minimum atomic E-state index is -0.315. The van der Waals surface area contributed by atoms with E-state index in [0.29, 0.717) is 0 Å². The molecule has 0 aliphatic heterocycles. The van der Waals surface area contributed by atoms with Crippen molar-refractivity contribution in [3.8, 4) is 22.3 Å². The standard InChI is InChI=1S/C49H39F3N2/c1-30-6-14-34(15-7-30)53(35-16-8-31(50)9-17-35)38-22-24-40-42-28-47-43(29-46(42)48(2,3)44(40)26-38)41-25-23-39(27-45(41)49(47,4)5)54(36-18-10-32(51)11-19-36)37-20-12-33(52)13-21-37/h6-29H,1-5H3. The van der Waals surface area contributed by atoms with Crippen molar-refractivity contribution in [2.75, 3.05) is 9.80 Å². The zero-order valence-electron chi connectivity index (χ0n) is 30.9. The Balaban J connectivity index is 1.14. The summed E-state index contributed by atoms with van der Waals surface area (Å²) < 4.78 is 42.1. The van der Waals surface area contributed by atoms with Gasteiger partial charge in [-0.15, -0.1) is 0 Å². The highest BCUT2D eigenvalue weighted by Gasteiger charge is 2.42. The third-order valence-electron chi connectivity index (χ3n) is 11.5. The highest BCUT2D eigenvalue weighted by molar-refractivity contribution is 5.92. The summed E-state index contributed by atoms with van der Waals surface area (Å²) in [5.41, 5.74) is 15.9. The smallest absolute Gasteiger partial charge is 0.123 e. The van der Waals surface area contributed by atoms with Crippen molar-refractivity contribution in [3.63, 3.8) is 0 Å². The molecule has 0 N–H and O–H groups in total. The van der Waals surface area contributed by atoms with Crippen LogP contribution in [-0.4, -0.2) is 0 Å². The molecule has 0 radical (unpaired) electrons. The Hall–Kier alpha value is -6.07. The monoisotopic (exact) mass is 712 g/mol. The second kappa shape index (κ2) is 12.2. The van der Waals surface area contributed by atoms with E-state index in [2.05, 4.69) is 112 Å². The molecule has 0 spiro atoms. The van der Waals surface area contributed by atoms with Gasteiger partial charge in [0.2, 0.25) is 0 Å². The fourth-order valence-electron chi connectivity index (χ4n) is 8.58. The Bertz CT molecular complexity index is 2300. The van der Waals surface area contributed by atoms with Crippen molar-refractivity contribution in [1.29, 1.82) is 0 Å². The predicted molar refractivity (Wildman–Crippen MR) is 216 cm³/mol. The van der Waals surface area contributed by atoms with Gasteiger partial charge in [0, 0.05) is 45.0 Å². The summed E-state index contributed by atoms with van der Waals surface area (Å²) in [6.07, 6.45) is 0. The third-order valence-corrected chi connectivity index (χ3v) is 11.5. The molecule has 7 aromatic carbocycles. The Morgan fingerprint density at radius 2 is 0.611 bits per heavy atom. The van der Waals surface area contributed by atoms with E-state index in [1.54, 1.807) is 24.3 Å². The first-order valence-corrected chi connectivity index (χ1v) is 18.3. The predicted octanol–water partition coefficient (Wildman–Crippen LogP) is 14.0. The fourth-order valence-corrected chi connectivity index (χ4v) is 8.58. The van der Waals surface area contributed by atoms with Gasteiger partial charge in [0.05, 0.1) is 0 Å². The van der Waals surface area contributed by atoms with Crippen LogP contribution in [0, 0.1) is 24.4 Å². The maximum atomic E-state index is 14.1. The van der Waals surface area contributed by atoms with Gasteiger partial charge in [-0.3, -0.25) is 0 Å². The minimum Gasteiger partial charge on any atom is -0.310 e. The van der Waals surface area contributed by atoms with Gasteiger partial charge < -0.3 is 9.80 Å². The van der Waals surface area contributed by atoms with Crippen molar-refractivity contribution < 1.29 is 13.2 Å². The minimum absolute atomic E-state index is 0.264. The Kier molecular flexibility index (Phi) is 7.65. The number of aryl methyl sites for hydroxylation is 1. The number of hydrogen-bond donors (Lipinski definition) is 0. The molecule has 2 aliphatic rings. The van der Waals surface area contributed by atoms with Gasteiger partial charge in [0.25, 0.3) is 0 Å². The molecule has 0 fully saturated rings. The van der Waals surface area contributed by atoms with Crippen molar-refractivity contribution >= 4 is 34.1 Å². The lowest BCUT2D eigenvalue weighted by molar-refractivity contribution is 0.627. The van der Waals surface area contributed by atoms with Crippen LogP contribution in [0.3, 0.4) is 0 Å². The quantitative estimate of drug-likeness (QED) is 0.169. The summed E-state index contributed by atoms with van der Waals surface area (Å²) in [6, 6.07) is 45.9. The van der Waals surface area contributed by atoms with Gasteiger partial charge in [-0.05, 0) is 173 Å². The number of nitrogens with zero attached hydrogens (tertiary/aromatic N) is 2. The second-order valence-electron chi connectivity index (χ2n) is 15.6. The normalized spacial score (nSPS) is 14.2. The molecule has 5 heteroatoms. The van der Waals surface area contributed by atoms with Crippen LogP contribution in [0.1, 0.15) is 55.5 Å². The van der Waals surface area contributed by atoms with Crippen LogP contribution in [0.25, 0.3) is 22.3 Å². The maximum absolute atomic E-state index is 14.1. The van der Waals surface area contributed by atoms with Crippen LogP contribution in [0.5, 0.6) is 0 Å². The summed E-state index contributed by atoms with van der Waals surface area (Å²) in [6.45, 7) is 11.2. The van der Waals surface area contributed by atoms with E-state index in [0.717, 1.165) is 34.1 Å². The average Bonchev–Trinajstić information content (AvgIpc) is 3.52. The van der Waals surface area contributed by atoms with Gasteiger partial charge in [-0.1, -0.05) is 57.5 Å². The first-order valence-electron chi connectivity index (χ1n) is 18.3. The lowest BCUT2D eigenvalue weighted by atomic mass is 9.79. The Morgan fingerprint density at radius 3 is 0.944 bits per heavy atom. The molecule has 2 nitrogen and oxygen atoms in total. The van der Waals surface area contributed by atoms with Crippen LogP contribution in [0.2, 0.25) is 0 Å². The topological polar surface area (TPSA) is 6.48 Å². The summed E-state index contributed by atoms with van der Waals surface area (Å²) >= 11 is 0. The van der Waals surface area contributed by atoms with Gasteiger partial charge in [0.15, 0.2) is 0 Å². The van der Waals surface area contributed by atoms with Crippen LogP contribution in [0.4, 0.5) is 47.3 Å². The zero-order chi connectivity index (χ0) is 37.5. The van der Waals surface area contributed by atoms with E-state index in [1.807, 2.05) is 17.0 Å². The molecule has 0 atom stereocenters. The molecule has 9 rings (SSSR count). The number of benzene rings is 7. The summed E-state index contributed by atoms with van der Waals surface area (Å²) in [7, 11) is 0. The van der Waals surface area contributed by atoms with Crippen LogP contribution >= 0.6 is 0 Å². The van der Waals surface area contributed by atoms with E-state index < -0.39 is 0 Å². The van der Waals surface area contributed by atoms with Gasteiger partial charge >= 0.3 is 0 Å². The number of rotatable bonds is 6. The molecule has 7 aromatic rings. The molecule has 0 heterocycles. The average molecular weight is 713 g/mol. The third kappa shape index (κ3) is 5.33. The Labute approximate surface area is 314 Å². The van der Waals surface area contributed by atoms with Gasteiger partial charge in [-0.25, -0.2) is 13.2 Å². The maximum Gasteiger partial charge on any atom is 0.123 e. The SMILES string of the molecule is Cc1ccc(N(c2ccc(F)cc2)c2ccc3c(c2)C(C)(C)c2cc4c(cc2-3)C(C)(C)c2cc(N(c3ccc(F)cc3)c3ccc(F)cc3)ccc2-4)cc1. The first kappa shape index (κ1) is 33.7. The van der Waals surface area contributed by atoms with Crippen molar-refractivity contribution in [1.82, 2.24) is 0 Å². The molecule has 0 saturated carbocycles. The van der Waals surface area contributed by atoms with Gasteiger partial charge in [-0.2, -0.15) is 0 Å². The molecule has 2 aliphatic carbocycles. The van der Waals surface area contributed by atoms with E-state index >= 15 is 0 Å². The molecular formula is C49H39F3N2. The molecular weight excluding hydrogens is 674 g/mol. The largest absolute Gasteiger partial charge is 0.310 e. The molecule has 0 bridgehead atoms. The second-order valence-corrected chi connectivity index (χ2v) is 15.6. The number of hydrogen-bond acceptors (Lipinski definition) is 2. The highest BCUT2D eigenvalue weighted by Crippen LogP contribution is 2.57. The molecule has 54 heavy (non-hydrogen) atoms. The van der Waals surface area contributed by atoms with E-state index in [-0.39, 0.29) is 28.3 Å². The highest BCUT2D eigenvalue weighted by atomic mass is 19.1. The number of halogens is 3. The lowest BCUT2D eigenvalue weighted by Gasteiger charge is -2.28. The van der Waals surface area contributed by atoms with E-state index in [4.69, 9.17) is 0 Å². The van der Waals surface area contributed by atoms with Crippen LogP contribution < -0.4 is 9.80 Å². The van der Waals surface area contributed by atoms with Crippen molar-refractivity contribution in [2.45, 2.75) is 45.4 Å². The Morgan fingerprint density at radius 1 is 0.333 bits per heavy atom. The fraction of sp³-hybridized carbons (Fsp3) is 0.143. The summed E-state index contributed by atoms with van der Waals surface area (Å²) in [5, 5.41) is 0. The molecule has 266 valence electrons. The molecule has 0 unspecified atom stereocenters. The molecule has 0 amide bonds. The van der Waals surface area contributed by atoms with E-state index in [9.17, 15) is 13.2 Å². The zero-order valence-corrected chi connectivity index (χ0v) is 30.9. The number of anilines is 6. The van der Waals surface area contributed by atoms with Crippen LogP contribution in [-0.2, 0) is 10.8 Å². The van der Waals surface area contributed by atoms with E-state index in [1.165, 1.54) is 86.5 Å². The lowest BCUT2D eigenvalue weighted by Crippen LogP contribution is -2.18. The van der Waals surface area contributed by atoms with Crippen molar-refractivity contribution in [3.05, 3.63) is 191 Å². The van der Waals surface area contributed by atoms with Crippen molar-refractivity contribution in [2.24, 2.45) is 0 Å². The molecule has 0 aromatic heterocycles. The van der Waals surface area contributed by atoms with Gasteiger partial charge in [0.1, 0.15) is 17.5 Å². The molecule has 0 saturated heterocycles.